The Labute approximate surface area is 189 Å². The van der Waals surface area contributed by atoms with E-state index in [9.17, 15) is 9.59 Å². The van der Waals surface area contributed by atoms with Crippen molar-refractivity contribution < 1.29 is 14.3 Å². The van der Waals surface area contributed by atoms with Crippen molar-refractivity contribution in [3.8, 4) is 0 Å². The maximum Gasteiger partial charge on any atom is 0.247 e. The van der Waals surface area contributed by atoms with Crippen LogP contribution in [0.3, 0.4) is 0 Å². The number of benzene rings is 1. The lowest BCUT2D eigenvalue weighted by atomic mass is 10.0. The second-order valence-corrected chi connectivity index (χ2v) is 9.78. The zero-order valence-electron chi connectivity index (χ0n) is 19.3. The number of amides is 2. The van der Waals surface area contributed by atoms with Crippen LogP contribution in [-0.2, 0) is 21.4 Å². The molecule has 170 valence electrons. The lowest BCUT2D eigenvalue weighted by Crippen LogP contribution is -2.44. The van der Waals surface area contributed by atoms with Crippen LogP contribution in [0.2, 0.25) is 0 Å². The number of carbonyl (C=O) groups is 2. The second kappa shape index (κ2) is 10.6. The van der Waals surface area contributed by atoms with Crippen LogP contribution in [0.5, 0.6) is 0 Å². The van der Waals surface area contributed by atoms with Gasteiger partial charge in [-0.25, -0.2) is 0 Å². The van der Waals surface area contributed by atoms with E-state index in [4.69, 9.17) is 4.74 Å². The molecule has 31 heavy (non-hydrogen) atoms. The minimum Gasteiger partial charge on any atom is -0.379 e. The predicted octanol–water partition coefficient (Wildman–Crippen LogP) is 4.13. The molecule has 2 heterocycles. The Hall–Kier alpha value is -1.99. The SMILES string of the molecule is CC(C)CCNC(=O)C1c2c(n(C)c3ccccc23)SCC(=O)N1CCCOC(C)C. The van der Waals surface area contributed by atoms with Gasteiger partial charge in [-0.2, -0.15) is 0 Å². The normalized spacial score (nSPS) is 16.8. The topological polar surface area (TPSA) is 63.6 Å². The quantitative estimate of drug-likeness (QED) is 0.590. The van der Waals surface area contributed by atoms with Crippen molar-refractivity contribution in [3.63, 3.8) is 0 Å². The molecule has 1 atom stereocenters. The zero-order chi connectivity index (χ0) is 22.5. The number of nitrogens with zero attached hydrogens (tertiary/aromatic N) is 2. The lowest BCUT2D eigenvalue weighted by Gasteiger charge is -2.30. The van der Waals surface area contributed by atoms with Crippen LogP contribution in [0.15, 0.2) is 29.3 Å². The molecular formula is C24H35N3O3S. The van der Waals surface area contributed by atoms with Crippen LogP contribution in [0.4, 0.5) is 0 Å². The third-order valence-electron chi connectivity index (χ3n) is 5.59. The van der Waals surface area contributed by atoms with Crippen LogP contribution in [0.25, 0.3) is 10.9 Å². The molecule has 0 spiro atoms. The van der Waals surface area contributed by atoms with Gasteiger partial charge < -0.3 is 19.5 Å². The number of hydrogen-bond acceptors (Lipinski definition) is 4. The van der Waals surface area contributed by atoms with Gasteiger partial charge in [0.1, 0.15) is 6.04 Å². The summed E-state index contributed by atoms with van der Waals surface area (Å²) in [6.07, 6.45) is 1.76. The summed E-state index contributed by atoms with van der Waals surface area (Å²) in [4.78, 5) is 28.4. The lowest BCUT2D eigenvalue weighted by molar-refractivity contribution is -0.139. The van der Waals surface area contributed by atoms with Crippen molar-refractivity contribution in [1.29, 1.82) is 0 Å². The van der Waals surface area contributed by atoms with Crippen molar-refractivity contribution >= 4 is 34.5 Å². The highest BCUT2D eigenvalue weighted by atomic mass is 32.2. The summed E-state index contributed by atoms with van der Waals surface area (Å²) < 4.78 is 7.80. The number of thioether (sulfide) groups is 1. The van der Waals surface area contributed by atoms with Gasteiger partial charge in [-0.3, -0.25) is 9.59 Å². The fourth-order valence-corrected chi connectivity index (χ4v) is 5.11. The van der Waals surface area contributed by atoms with Crippen LogP contribution in [0.1, 0.15) is 52.1 Å². The van der Waals surface area contributed by atoms with Crippen LogP contribution >= 0.6 is 11.8 Å². The minimum atomic E-state index is -0.630. The van der Waals surface area contributed by atoms with E-state index in [0.717, 1.165) is 27.9 Å². The van der Waals surface area contributed by atoms with Crippen LogP contribution in [-0.4, -0.2) is 52.8 Å². The average Bonchev–Trinajstić information content (AvgIpc) is 2.90. The number of nitrogens with one attached hydrogen (secondary N) is 1. The van der Waals surface area contributed by atoms with Crippen molar-refractivity contribution in [3.05, 3.63) is 29.8 Å². The monoisotopic (exact) mass is 445 g/mol. The van der Waals surface area contributed by atoms with E-state index in [1.807, 2.05) is 33.0 Å². The number of rotatable bonds is 9. The molecule has 7 heteroatoms. The summed E-state index contributed by atoms with van der Waals surface area (Å²) >= 11 is 1.53. The highest BCUT2D eigenvalue weighted by Gasteiger charge is 2.38. The number of fused-ring (bicyclic) bond motifs is 3. The smallest absolute Gasteiger partial charge is 0.247 e. The van der Waals surface area contributed by atoms with Gasteiger partial charge in [0.15, 0.2) is 0 Å². The van der Waals surface area contributed by atoms with E-state index in [-0.39, 0.29) is 17.9 Å². The Morgan fingerprint density at radius 1 is 1.26 bits per heavy atom. The van der Waals surface area contributed by atoms with Gasteiger partial charge in [0.05, 0.1) is 16.9 Å². The maximum atomic E-state index is 13.5. The second-order valence-electron chi connectivity index (χ2n) is 8.82. The molecule has 1 aromatic heterocycles. The standard InChI is InChI=1S/C24H35N3O3S/c1-16(2)11-12-25-23(29)22-21-18-9-6-7-10-19(18)26(5)24(21)31-15-20(28)27(22)13-8-14-30-17(3)4/h6-7,9-10,16-17,22H,8,11-15H2,1-5H3,(H,25,29). The van der Waals surface area contributed by atoms with E-state index >= 15 is 0 Å². The molecule has 6 nitrogen and oxygen atoms in total. The third-order valence-corrected chi connectivity index (χ3v) is 6.75. The van der Waals surface area contributed by atoms with E-state index < -0.39 is 6.04 Å². The molecule has 1 aromatic carbocycles. The first-order valence-corrected chi connectivity index (χ1v) is 12.2. The molecule has 2 amide bonds. The number of aromatic nitrogens is 1. The highest BCUT2D eigenvalue weighted by molar-refractivity contribution is 8.00. The molecule has 1 N–H and O–H groups in total. The molecule has 0 saturated heterocycles. The molecule has 0 bridgehead atoms. The summed E-state index contributed by atoms with van der Waals surface area (Å²) in [5, 5.41) is 5.14. The van der Waals surface area contributed by atoms with E-state index in [2.05, 4.69) is 35.9 Å². The van der Waals surface area contributed by atoms with Gasteiger partial charge in [-0.05, 0) is 38.7 Å². The summed E-state index contributed by atoms with van der Waals surface area (Å²) in [6.45, 7) is 9.96. The van der Waals surface area contributed by atoms with Crippen LogP contribution < -0.4 is 5.32 Å². The van der Waals surface area contributed by atoms with E-state index in [1.54, 1.807) is 4.90 Å². The highest BCUT2D eigenvalue weighted by Crippen LogP contribution is 2.41. The number of aryl methyl sites for hydroxylation is 1. The largest absolute Gasteiger partial charge is 0.379 e. The molecule has 0 radical (unpaired) electrons. The fraction of sp³-hybridized carbons (Fsp3) is 0.583. The predicted molar refractivity (Wildman–Crippen MR) is 126 cm³/mol. The van der Waals surface area contributed by atoms with Crippen molar-refractivity contribution in [2.24, 2.45) is 13.0 Å². The molecule has 2 aromatic rings. The molecule has 0 fully saturated rings. The van der Waals surface area contributed by atoms with Gasteiger partial charge in [0, 0.05) is 43.2 Å². The zero-order valence-corrected chi connectivity index (χ0v) is 20.1. The Balaban J connectivity index is 1.97. The molecule has 3 rings (SSSR count). The third kappa shape index (κ3) is 5.44. The first kappa shape index (κ1) is 23.7. The summed E-state index contributed by atoms with van der Waals surface area (Å²) in [7, 11) is 2.01. The maximum absolute atomic E-state index is 13.5. The van der Waals surface area contributed by atoms with Crippen molar-refractivity contribution in [2.75, 3.05) is 25.4 Å². The molecule has 1 unspecified atom stereocenters. The first-order valence-electron chi connectivity index (χ1n) is 11.2. The van der Waals surface area contributed by atoms with Gasteiger partial charge in [-0.1, -0.05) is 43.8 Å². The molecule has 1 aliphatic rings. The van der Waals surface area contributed by atoms with E-state index in [1.165, 1.54) is 11.8 Å². The molecule has 0 aliphatic carbocycles. The fourth-order valence-electron chi connectivity index (χ4n) is 4.01. The van der Waals surface area contributed by atoms with Gasteiger partial charge in [-0.15, -0.1) is 0 Å². The Bertz CT molecular complexity index is 922. The van der Waals surface area contributed by atoms with Gasteiger partial charge >= 0.3 is 0 Å². The summed E-state index contributed by atoms with van der Waals surface area (Å²) in [6, 6.07) is 7.50. The Morgan fingerprint density at radius 2 is 2.00 bits per heavy atom. The van der Waals surface area contributed by atoms with Crippen molar-refractivity contribution in [2.45, 2.75) is 57.7 Å². The van der Waals surface area contributed by atoms with Gasteiger partial charge in [0.2, 0.25) is 11.8 Å². The average molecular weight is 446 g/mol. The number of hydrogen-bond donors (Lipinski definition) is 1. The summed E-state index contributed by atoms with van der Waals surface area (Å²) in [5.41, 5.74) is 2.03. The van der Waals surface area contributed by atoms with Crippen LogP contribution in [0, 0.1) is 5.92 Å². The summed E-state index contributed by atoms with van der Waals surface area (Å²) in [5.74, 6) is 0.736. The Kier molecular flexibility index (Phi) is 8.06. The molecular weight excluding hydrogens is 410 g/mol. The number of ether oxygens (including phenoxy) is 1. The number of para-hydroxylation sites is 1. The first-order chi connectivity index (χ1) is 14.8. The minimum absolute atomic E-state index is 0.00108. The van der Waals surface area contributed by atoms with Crippen molar-refractivity contribution in [1.82, 2.24) is 14.8 Å². The van der Waals surface area contributed by atoms with E-state index in [0.29, 0.717) is 37.8 Å². The molecule has 0 saturated carbocycles. The Morgan fingerprint density at radius 3 is 2.71 bits per heavy atom. The number of carbonyl (C=O) groups excluding carboxylic acids is 2. The van der Waals surface area contributed by atoms with Gasteiger partial charge in [0.25, 0.3) is 0 Å². The molecule has 1 aliphatic heterocycles.